The molecule has 3 rings (SSSR count). The minimum absolute atomic E-state index is 0.0309. The zero-order valence-corrected chi connectivity index (χ0v) is 10.4. The van der Waals surface area contributed by atoms with Crippen LogP contribution >= 0.6 is 0 Å². The first kappa shape index (κ1) is 10.9. The van der Waals surface area contributed by atoms with Crippen molar-refractivity contribution in [2.45, 2.75) is 13.3 Å². The number of hydrogen-bond donors (Lipinski definition) is 2. The molecule has 0 fully saturated rings. The molecule has 0 atom stereocenters. The van der Waals surface area contributed by atoms with Crippen LogP contribution in [0.5, 0.6) is 0 Å². The van der Waals surface area contributed by atoms with Crippen LogP contribution in [0.1, 0.15) is 12.6 Å². The van der Waals surface area contributed by atoms with Crippen LogP contribution in [0, 0.1) is 0 Å². The Balaban J connectivity index is 2.63. The van der Waals surface area contributed by atoms with Crippen LogP contribution in [-0.4, -0.2) is 9.55 Å². The van der Waals surface area contributed by atoms with Crippen LogP contribution in [0.15, 0.2) is 29.1 Å². The molecule has 0 saturated carbocycles. The molecule has 0 unspecified atom stereocenters. The van der Waals surface area contributed by atoms with E-state index in [1.165, 1.54) is 0 Å². The van der Waals surface area contributed by atoms with Gasteiger partial charge in [0.1, 0.15) is 5.82 Å². The van der Waals surface area contributed by atoms with Gasteiger partial charge in [-0.15, -0.1) is 0 Å². The third-order valence-corrected chi connectivity index (χ3v) is 3.45. The van der Waals surface area contributed by atoms with Gasteiger partial charge in [0.15, 0.2) is 5.43 Å². The first-order chi connectivity index (χ1) is 8.61. The second kappa shape index (κ2) is 3.63. The van der Waals surface area contributed by atoms with Crippen molar-refractivity contribution in [2.75, 3.05) is 5.73 Å². The molecule has 0 aliphatic carbocycles. The first-order valence-corrected chi connectivity index (χ1v) is 6.01. The largest absolute Gasteiger partial charge is 0.385 e. The number of aromatic nitrogens is 2. The molecule has 18 heavy (non-hydrogen) atoms. The fourth-order valence-corrected chi connectivity index (χ4v) is 2.64. The van der Waals surface area contributed by atoms with E-state index in [4.69, 9.17) is 5.73 Å². The summed E-state index contributed by atoms with van der Waals surface area (Å²) in [4.78, 5) is 14.7. The molecular weight excluding hydrogens is 226 g/mol. The van der Waals surface area contributed by atoms with Crippen LogP contribution in [-0.2, 0) is 13.5 Å². The number of benzene rings is 1. The van der Waals surface area contributed by atoms with Crippen molar-refractivity contribution in [3.63, 3.8) is 0 Å². The molecule has 2 aromatic heterocycles. The number of pyridine rings is 1. The van der Waals surface area contributed by atoms with Crippen LogP contribution in [0.4, 0.5) is 5.82 Å². The molecule has 1 aromatic carbocycles. The van der Waals surface area contributed by atoms with Crippen molar-refractivity contribution in [1.29, 1.82) is 0 Å². The van der Waals surface area contributed by atoms with Gasteiger partial charge in [-0.2, -0.15) is 0 Å². The lowest BCUT2D eigenvalue weighted by atomic mass is 10.1. The molecule has 0 radical (unpaired) electrons. The number of anilines is 1. The van der Waals surface area contributed by atoms with E-state index in [9.17, 15) is 4.79 Å². The van der Waals surface area contributed by atoms with Crippen LogP contribution in [0.3, 0.4) is 0 Å². The number of nitrogens with one attached hydrogen (secondary N) is 1. The maximum Gasteiger partial charge on any atom is 0.180 e. The topological polar surface area (TPSA) is 63.8 Å². The van der Waals surface area contributed by atoms with Gasteiger partial charge in [0.2, 0.25) is 0 Å². The van der Waals surface area contributed by atoms with Gasteiger partial charge in [-0.05, 0) is 24.6 Å². The summed E-state index contributed by atoms with van der Waals surface area (Å²) in [5.41, 5.74) is 9.10. The molecular formula is C14H15N3O. The van der Waals surface area contributed by atoms with Gasteiger partial charge in [0.25, 0.3) is 0 Å². The van der Waals surface area contributed by atoms with Gasteiger partial charge < -0.3 is 15.3 Å². The lowest BCUT2D eigenvalue weighted by Crippen LogP contribution is -1.99. The number of aryl methyl sites for hydroxylation is 2. The van der Waals surface area contributed by atoms with Gasteiger partial charge in [0.05, 0.1) is 11.0 Å². The SMILES string of the molecule is CCc1[nH]c(N)cc2c3ccc(=O)cc3n(C)c12. The number of rotatable bonds is 1. The van der Waals surface area contributed by atoms with E-state index in [0.29, 0.717) is 5.82 Å². The Morgan fingerprint density at radius 2 is 2.06 bits per heavy atom. The summed E-state index contributed by atoms with van der Waals surface area (Å²) in [5, 5.41) is 2.17. The van der Waals surface area contributed by atoms with Crippen molar-refractivity contribution in [3.05, 3.63) is 40.2 Å². The molecule has 0 aliphatic rings. The van der Waals surface area contributed by atoms with Crippen LogP contribution < -0.4 is 11.2 Å². The van der Waals surface area contributed by atoms with Gasteiger partial charge in [-0.1, -0.05) is 6.92 Å². The van der Waals surface area contributed by atoms with E-state index < -0.39 is 0 Å². The van der Waals surface area contributed by atoms with E-state index in [-0.39, 0.29) is 5.43 Å². The summed E-state index contributed by atoms with van der Waals surface area (Å²) in [6.07, 6.45) is 0.871. The van der Waals surface area contributed by atoms with Crippen molar-refractivity contribution in [3.8, 4) is 0 Å². The molecule has 0 amide bonds. The zero-order valence-electron chi connectivity index (χ0n) is 10.4. The Kier molecular flexibility index (Phi) is 2.20. The molecule has 2 heterocycles. The van der Waals surface area contributed by atoms with Crippen LogP contribution in [0.2, 0.25) is 0 Å². The standard InChI is InChI=1S/C14H15N3O/c1-3-11-14-10(7-13(15)16-11)9-5-4-8(18)6-12(9)17(14)2/h4-7,16H,3,15H2,1-2H3. The summed E-state index contributed by atoms with van der Waals surface area (Å²) < 4.78 is 2.06. The predicted octanol–water partition coefficient (Wildman–Crippen LogP) is 2.16. The van der Waals surface area contributed by atoms with Crippen molar-refractivity contribution < 1.29 is 0 Å². The maximum atomic E-state index is 11.5. The average molecular weight is 241 g/mol. The minimum atomic E-state index is 0.0309. The van der Waals surface area contributed by atoms with E-state index in [0.717, 1.165) is 33.9 Å². The Labute approximate surface area is 104 Å². The average Bonchev–Trinajstić information content (AvgIpc) is 2.62. The van der Waals surface area contributed by atoms with Crippen molar-refractivity contribution in [2.24, 2.45) is 7.05 Å². The molecule has 92 valence electrons. The second-order valence-electron chi connectivity index (χ2n) is 4.56. The van der Waals surface area contributed by atoms with Crippen LogP contribution in [0.25, 0.3) is 21.8 Å². The Morgan fingerprint density at radius 1 is 1.28 bits per heavy atom. The van der Waals surface area contributed by atoms with E-state index in [2.05, 4.69) is 16.5 Å². The van der Waals surface area contributed by atoms with Gasteiger partial charge in [-0.25, -0.2) is 0 Å². The highest BCUT2D eigenvalue weighted by molar-refractivity contribution is 6.09. The number of nitrogens with two attached hydrogens (primary N) is 1. The number of nitrogens with zero attached hydrogens (tertiary/aromatic N) is 1. The number of H-pyrrole nitrogens is 1. The summed E-state index contributed by atoms with van der Waals surface area (Å²) >= 11 is 0. The highest BCUT2D eigenvalue weighted by Crippen LogP contribution is 2.30. The molecule has 4 heteroatoms. The van der Waals surface area contributed by atoms with E-state index in [1.54, 1.807) is 12.1 Å². The third kappa shape index (κ3) is 1.35. The minimum Gasteiger partial charge on any atom is -0.385 e. The first-order valence-electron chi connectivity index (χ1n) is 6.01. The number of fused-ring (bicyclic) bond motifs is 3. The molecule has 0 spiro atoms. The highest BCUT2D eigenvalue weighted by atomic mass is 16.1. The van der Waals surface area contributed by atoms with E-state index >= 15 is 0 Å². The number of hydrogen-bond acceptors (Lipinski definition) is 2. The fraction of sp³-hybridized carbons (Fsp3) is 0.214. The normalized spacial score (nSPS) is 11.4. The predicted molar refractivity (Wildman–Crippen MR) is 74.8 cm³/mol. The molecule has 0 bridgehead atoms. The second-order valence-corrected chi connectivity index (χ2v) is 4.56. The third-order valence-electron chi connectivity index (χ3n) is 3.45. The van der Waals surface area contributed by atoms with Crippen molar-refractivity contribution in [1.82, 2.24) is 9.55 Å². The zero-order chi connectivity index (χ0) is 12.9. The quantitative estimate of drug-likeness (QED) is 0.685. The Hall–Kier alpha value is -2.23. The Bertz CT molecular complexity index is 811. The molecule has 3 N–H and O–H groups in total. The number of aromatic amines is 1. The molecule has 3 aromatic rings. The highest BCUT2D eigenvalue weighted by Gasteiger charge is 2.12. The molecule has 0 saturated heterocycles. The molecule has 0 aliphatic heterocycles. The fourth-order valence-electron chi connectivity index (χ4n) is 2.64. The van der Waals surface area contributed by atoms with Gasteiger partial charge in [0, 0.05) is 29.6 Å². The summed E-state index contributed by atoms with van der Waals surface area (Å²) in [6, 6.07) is 7.07. The Morgan fingerprint density at radius 3 is 2.78 bits per heavy atom. The maximum absolute atomic E-state index is 11.5. The van der Waals surface area contributed by atoms with Gasteiger partial charge in [-0.3, -0.25) is 4.79 Å². The smallest absolute Gasteiger partial charge is 0.180 e. The summed E-state index contributed by atoms with van der Waals surface area (Å²) in [7, 11) is 1.98. The lowest BCUT2D eigenvalue weighted by molar-refractivity contribution is 0.969. The van der Waals surface area contributed by atoms with Crippen molar-refractivity contribution >= 4 is 27.6 Å². The summed E-state index contributed by atoms with van der Waals surface area (Å²) in [6.45, 7) is 2.08. The van der Waals surface area contributed by atoms with E-state index in [1.807, 2.05) is 19.2 Å². The van der Waals surface area contributed by atoms with Gasteiger partial charge >= 0.3 is 0 Å². The number of nitrogen functional groups attached to an aromatic ring is 1. The lowest BCUT2D eigenvalue weighted by Gasteiger charge is -2.06. The molecule has 4 nitrogen and oxygen atoms in total. The monoisotopic (exact) mass is 241 g/mol. The summed E-state index contributed by atoms with van der Waals surface area (Å²) in [5.74, 6) is 0.651.